The molecular weight excluding hydrogens is 234 g/mol. The van der Waals surface area contributed by atoms with Gasteiger partial charge in [-0.15, -0.1) is 0 Å². The first-order chi connectivity index (χ1) is 9.10. The van der Waals surface area contributed by atoms with Crippen molar-refractivity contribution in [2.75, 3.05) is 13.1 Å². The first-order valence-electron chi connectivity index (χ1n) is 7.80. The van der Waals surface area contributed by atoms with Crippen molar-refractivity contribution in [1.29, 1.82) is 0 Å². The molecule has 0 radical (unpaired) electrons. The van der Waals surface area contributed by atoms with E-state index in [1.165, 1.54) is 37.9 Å². The number of rotatable bonds is 5. The SMILES string of the molecule is CCNCC1CCC(C)CC1Cc1cc(C)nn1C. The average molecular weight is 263 g/mol. The average Bonchev–Trinajstić information content (AvgIpc) is 2.67. The van der Waals surface area contributed by atoms with Crippen molar-refractivity contribution in [2.24, 2.45) is 24.8 Å². The molecule has 2 rings (SSSR count). The summed E-state index contributed by atoms with van der Waals surface area (Å²) in [7, 11) is 2.08. The van der Waals surface area contributed by atoms with Crippen LogP contribution in [0.3, 0.4) is 0 Å². The lowest BCUT2D eigenvalue weighted by Gasteiger charge is -2.35. The molecule has 1 saturated carbocycles. The van der Waals surface area contributed by atoms with Gasteiger partial charge in [0, 0.05) is 12.7 Å². The lowest BCUT2D eigenvalue weighted by Crippen LogP contribution is -2.34. The molecule has 1 heterocycles. The highest BCUT2D eigenvalue weighted by molar-refractivity contribution is 5.10. The minimum atomic E-state index is 0.817. The summed E-state index contributed by atoms with van der Waals surface area (Å²) in [5.41, 5.74) is 2.54. The molecule has 3 unspecified atom stereocenters. The van der Waals surface area contributed by atoms with Gasteiger partial charge < -0.3 is 5.32 Å². The second kappa shape index (κ2) is 6.56. The van der Waals surface area contributed by atoms with Gasteiger partial charge >= 0.3 is 0 Å². The molecule has 0 bridgehead atoms. The van der Waals surface area contributed by atoms with Gasteiger partial charge in [0.1, 0.15) is 0 Å². The number of aryl methyl sites for hydroxylation is 2. The Balaban J connectivity index is 2.02. The van der Waals surface area contributed by atoms with Gasteiger partial charge in [-0.25, -0.2) is 0 Å². The van der Waals surface area contributed by atoms with Crippen molar-refractivity contribution in [2.45, 2.75) is 46.5 Å². The van der Waals surface area contributed by atoms with Crippen LogP contribution in [0, 0.1) is 24.7 Å². The van der Waals surface area contributed by atoms with E-state index in [1.807, 2.05) is 0 Å². The van der Waals surface area contributed by atoms with E-state index in [0.717, 1.165) is 30.0 Å². The lowest BCUT2D eigenvalue weighted by atomic mass is 9.72. The van der Waals surface area contributed by atoms with Crippen molar-refractivity contribution in [1.82, 2.24) is 15.1 Å². The molecule has 1 aliphatic rings. The molecule has 3 nitrogen and oxygen atoms in total. The number of nitrogens with zero attached hydrogens (tertiary/aromatic N) is 2. The first kappa shape index (κ1) is 14.6. The minimum absolute atomic E-state index is 0.817. The van der Waals surface area contributed by atoms with E-state index in [1.54, 1.807) is 0 Å². The topological polar surface area (TPSA) is 29.9 Å². The highest BCUT2D eigenvalue weighted by Crippen LogP contribution is 2.35. The summed E-state index contributed by atoms with van der Waals surface area (Å²) in [6.45, 7) is 8.97. The predicted octanol–water partition coefficient (Wildman–Crippen LogP) is 2.93. The smallest absolute Gasteiger partial charge is 0.0596 e. The normalized spacial score (nSPS) is 27.7. The quantitative estimate of drug-likeness (QED) is 0.885. The minimum Gasteiger partial charge on any atom is -0.317 e. The largest absolute Gasteiger partial charge is 0.317 e. The number of hydrogen-bond acceptors (Lipinski definition) is 2. The van der Waals surface area contributed by atoms with Crippen LogP contribution in [-0.2, 0) is 13.5 Å². The van der Waals surface area contributed by atoms with Gasteiger partial charge in [0.15, 0.2) is 0 Å². The summed E-state index contributed by atoms with van der Waals surface area (Å²) in [6, 6.07) is 2.25. The van der Waals surface area contributed by atoms with E-state index >= 15 is 0 Å². The van der Waals surface area contributed by atoms with Gasteiger partial charge in [0.2, 0.25) is 0 Å². The summed E-state index contributed by atoms with van der Waals surface area (Å²) < 4.78 is 2.07. The Hall–Kier alpha value is -0.830. The van der Waals surface area contributed by atoms with Crippen LogP contribution < -0.4 is 5.32 Å². The first-order valence-corrected chi connectivity index (χ1v) is 7.80. The summed E-state index contributed by atoms with van der Waals surface area (Å²) in [5.74, 6) is 2.54. The van der Waals surface area contributed by atoms with E-state index < -0.39 is 0 Å². The summed E-state index contributed by atoms with van der Waals surface area (Å²) in [4.78, 5) is 0. The van der Waals surface area contributed by atoms with Gasteiger partial charge in [-0.2, -0.15) is 5.10 Å². The van der Waals surface area contributed by atoms with Crippen LogP contribution in [-0.4, -0.2) is 22.9 Å². The monoisotopic (exact) mass is 263 g/mol. The Bertz CT molecular complexity index is 395. The summed E-state index contributed by atoms with van der Waals surface area (Å²) >= 11 is 0. The summed E-state index contributed by atoms with van der Waals surface area (Å²) in [5, 5.41) is 8.03. The molecule has 0 spiro atoms. The molecule has 19 heavy (non-hydrogen) atoms. The fourth-order valence-corrected chi connectivity index (χ4v) is 3.53. The number of nitrogens with one attached hydrogen (secondary N) is 1. The third kappa shape index (κ3) is 3.82. The predicted molar refractivity (Wildman–Crippen MR) is 80.2 cm³/mol. The van der Waals surface area contributed by atoms with Gasteiger partial charge in [0.05, 0.1) is 5.69 Å². The number of aromatic nitrogens is 2. The number of hydrogen-bond donors (Lipinski definition) is 1. The molecule has 1 N–H and O–H groups in total. The zero-order valence-corrected chi connectivity index (χ0v) is 12.9. The Morgan fingerprint density at radius 1 is 1.37 bits per heavy atom. The standard InChI is InChI=1S/C16H29N3/c1-5-17-11-14-7-6-12(2)8-15(14)10-16-9-13(3)18-19(16)4/h9,12,14-15,17H,5-8,10-11H2,1-4H3. The molecule has 0 aromatic carbocycles. The van der Waals surface area contributed by atoms with Gasteiger partial charge in [-0.3, -0.25) is 4.68 Å². The zero-order chi connectivity index (χ0) is 13.8. The second-order valence-corrected chi connectivity index (χ2v) is 6.35. The van der Waals surface area contributed by atoms with Crippen LogP contribution in [0.1, 0.15) is 44.5 Å². The van der Waals surface area contributed by atoms with E-state index in [4.69, 9.17) is 0 Å². The van der Waals surface area contributed by atoms with E-state index in [0.29, 0.717) is 0 Å². The zero-order valence-electron chi connectivity index (χ0n) is 12.9. The maximum Gasteiger partial charge on any atom is 0.0596 e. The molecule has 0 amide bonds. The van der Waals surface area contributed by atoms with Crippen LogP contribution in [0.2, 0.25) is 0 Å². The molecule has 1 aromatic heterocycles. The second-order valence-electron chi connectivity index (χ2n) is 6.35. The van der Waals surface area contributed by atoms with Crippen LogP contribution in [0.25, 0.3) is 0 Å². The maximum atomic E-state index is 4.48. The molecule has 1 fully saturated rings. The van der Waals surface area contributed by atoms with Crippen molar-refractivity contribution in [3.63, 3.8) is 0 Å². The van der Waals surface area contributed by atoms with Crippen LogP contribution in [0.15, 0.2) is 6.07 Å². The van der Waals surface area contributed by atoms with E-state index in [-0.39, 0.29) is 0 Å². The molecule has 0 saturated heterocycles. The summed E-state index contributed by atoms with van der Waals surface area (Å²) in [6.07, 6.45) is 5.35. The highest BCUT2D eigenvalue weighted by Gasteiger charge is 2.29. The Kier molecular flexibility index (Phi) is 5.03. The molecule has 3 atom stereocenters. The third-order valence-corrected chi connectivity index (χ3v) is 4.63. The van der Waals surface area contributed by atoms with Gasteiger partial charge in [-0.1, -0.05) is 20.3 Å². The van der Waals surface area contributed by atoms with Gasteiger partial charge in [-0.05, 0) is 63.1 Å². The molecule has 108 valence electrons. The van der Waals surface area contributed by atoms with Crippen molar-refractivity contribution in [3.8, 4) is 0 Å². The van der Waals surface area contributed by atoms with E-state index in [9.17, 15) is 0 Å². The molecule has 3 heteroatoms. The van der Waals surface area contributed by atoms with Crippen LogP contribution >= 0.6 is 0 Å². The molecule has 1 aromatic rings. The fraction of sp³-hybridized carbons (Fsp3) is 0.812. The Morgan fingerprint density at radius 2 is 2.16 bits per heavy atom. The van der Waals surface area contributed by atoms with Gasteiger partial charge in [0.25, 0.3) is 0 Å². The maximum absolute atomic E-state index is 4.48. The fourth-order valence-electron chi connectivity index (χ4n) is 3.53. The van der Waals surface area contributed by atoms with Crippen molar-refractivity contribution < 1.29 is 0 Å². The van der Waals surface area contributed by atoms with Crippen molar-refractivity contribution in [3.05, 3.63) is 17.5 Å². The Morgan fingerprint density at radius 3 is 2.79 bits per heavy atom. The van der Waals surface area contributed by atoms with Crippen LogP contribution in [0.4, 0.5) is 0 Å². The Labute approximate surface area is 117 Å². The van der Waals surface area contributed by atoms with Crippen molar-refractivity contribution >= 4 is 0 Å². The molecular formula is C16H29N3. The lowest BCUT2D eigenvalue weighted by molar-refractivity contribution is 0.182. The van der Waals surface area contributed by atoms with E-state index in [2.05, 4.69) is 49.0 Å². The van der Waals surface area contributed by atoms with Crippen LogP contribution in [0.5, 0.6) is 0 Å². The highest BCUT2D eigenvalue weighted by atomic mass is 15.3. The third-order valence-electron chi connectivity index (χ3n) is 4.63. The molecule has 1 aliphatic carbocycles. The molecule has 0 aliphatic heterocycles.